The number of hydrogen-bond donors (Lipinski definition) is 0. The SMILES string of the molecule is O=C(CCCN1C2CCC1CC(C(=O)c1ccc(F)cc1)C2)c1ccc(F)cc1. The summed E-state index contributed by atoms with van der Waals surface area (Å²) < 4.78 is 26.1. The van der Waals surface area contributed by atoms with E-state index in [4.69, 9.17) is 0 Å². The fraction of sp³-hybridized carbons (Fsp3) is 0.417. The Balaban J connectivity index is 1.30. The zero-order valence-corrected chi connectivity index (χ0v) is 16.3. The molecule has 2 fully saturated rings. The van der Waals surface area contributed by atoms with Gasteiger partial charge in [-0.2, -0.15) is 0 Å². The van der Waals surface area contributed by atoms with E-state index in [9.17, 15) is 18.4 Å². The van der Waals surface area contributed by atoms with E-state index in [-0.39, 0.29) is 29.1 Å². The first kappa shape index (κ1) is 19.9. The van der Waals surface area contributed by atoms with Crippen LogP contribution in [0.15, 0.2) is 48.5 Å². The molecule has 0 saturated carbocycles. The fourth-order valence-corrected chi connectivity index (χ4v) is 4.91. The van der Waals surface area contributed by atoms with Crippen LogP contribution in [-0.2, 0) is 0 Å². The van der Waals surface area contributed by atoms with Crippen molar-refractivity contribution in [3.8, 4) is 0 Å². The number of Topliss-reactive ketones (excluding diaryl/α,β-unsaturated/α-hetero) is 2. The van der Waals surface area contributed by atoms with Crippen LogP contribution in [0, 0.1) is 17.6 Å². The summed E-state index contributed by atoms with van der Waals surface area (Å²) in [6, 6.07) is 12.3. The number of nitrogens with zero attached hydrogens (tertiary/aromatic N) is 1. The lowest BCUT2D eigenvalue weighted by Gasteiger charge is -2.38. The van der Waals surface area contributed by atoms with Crippen molar-refractivity contribution < 1.29 is 18.4 Å². The largest absolute Gasteiger partial charge is 0.297 e. The molecule has 4 rings (SSSR count). The Hall–Kier alpha value is -2.40. The molecule has 0 aromatic heterocycles. The monoisotopic (exact) mass is 397 g/mol. The third kappa shape index (κ3) is 4.45. The number of piperidine rings is 1. The zero-order valence-electron chi connectivity index (χ0n) is 16.3. The van der Waals surface area contributed by atoms with Crippen molar-refractivity contribution in [3.05, 3.63) is 71.3 Å². The molecule has 3 nitrogen and oxygen atoms in total. The highest BCUT2D eigenvalue weighted by Crippen LogP contribution is 2.40. The van der Waals surface area contributed by atoms with Crippen LogP contribution in [0.25, 0.3) is 0 Å². The Morgan fingerprint density at radius 1 is 0.828 bits per heavy atom. The normalized spacial score (nSPS) is 23.9. The predicted molar refractivity (Wildman–Crippen MR) is 107 cm³/mol. The van der Waals surface area contributed by atoms with Crippen molar-refractivity contribution in [1.82, 2.24) is 4.90 Å². The maximum atomic E-state index is 13.1. The lowest BCUT2D eigenvalue weighted by molar-refractivity contribution is 0.0693. The van der Waals surface area contributed by atoms with Crippen LogP contribution in [-0.4, -0.2) is 35.1 Å². The van der Waals surface area contributed by atoms with Crippen LogP contribution in [0.1, 0.15) is 59.2 Å². The van der Waals surface area contributed by atoms with Gasteiger partial charge in [0.2, 0.25) is 0 Å². The Morgan fingerprint density at radius 3 is 1.90 bits per heavy atom. The summed E-state index contributed by atoms with van der Waals surface area (Å²) in [7, 11) is 0. The van der Waals surface area contributed by atoms with Crippen molar-refractivity contribution in [2.24, 2.45) is 5.92 Å². The quantitative estimate of drug-likeness (QED) is 0.614. The molecule has 2 unspecified atom stereocenters. The smallest absolute Gasteiger partial charge is 0.166 e. The molecular weight excluding hydrogens is 372 g/mol. The number of hydrogen-bond acceptors (Lipinski definition) is 3. The fourth-order valence-electron chi connectivity index (χ4n) is 4.91. The Morgan fingerprint density at radius 2 is 1.34 bits per heavy atom. The zero-order chi connectivity index (χ0) is 20.4. The second kappa shape index (κ2) is 8.54. The van der Waals surface area contributed by atoms with E-state index >= 15 is 0 Å². The molecule has 2 aliphatic rings. The lowest BCUT2D eigenvalue weighted by Crippen LogP contribution is -2.45. The number of benzene rings is 2. The Bertz CT molecular complexity index is 865. The molecule has 2 aliphatic heterocycles. The molecule has 2 atom stereocenters. The molecule has 2 heterocycles. The van der Waals surface area contributed by atoms with Gasteiger partial charge >= 0.3 is 0 Å². The number of rotatable bonds is 7. The van der Waals surface area contributed by atoms with Gasteiger partial charge in [-0.15, -0.1) is 0 Å². The third-order valence-electron chi connectivity index (χ3n) is 6.37. The van der Waals surface area contributed by atoms with Gasteiger partial charge < -0.3 is 0 Å². The minimum Gasteiger partial charge on any atom is -0.297 e. The van der Waals surface area contributed by atoms with E-state index in [1.54, 1.807) is 12.1 Å². The van der Waals surface area contributed by atoms with E-state index in [1.807, 2.05) is 0 Å². The van der Waals surface area contributed by atoms with Gasteiger partial charge in [-0.25, -0.2) is 8.78 Å². The summed E-state index contributed by atoms with van der Waals surface area (Å²) in [5.74, 6) is -0.510. The summed E-state index contributed by atoms with van der Waals surface area (Å²) in [6.45, 7) is 0.847. The maximum absolute atomic E-state index is 13.1. The molecule has 0 N–H and O–H groups in total. The van der Waals surface area contributed by atoms with Crippen LogP contribution < -0.4 is 0 Å². The van der Waals surface area contributed by atoms with Gasteiger partial charge in [-0.05, 0) is 87.2 Å². The highest BCUT2D eigenvalue weighted by atomic mass is 19.1. The second-order valence-electron chi connectivity index (χ2n) is 8.20. The minimum absolute atomic E-state index is 0.00458. The first-order valence-electron chi connectivity index (χ1n) is 10.4. The first-order valence-corrected chi connectivity index (χ1v) is 10.4. The van der Waals surface area contributed by atoms with Gasteiger partial charge in [0.05, 0.1) is 0 Å². The van der Waals surface area contributed by atoms with Crippen LogP contribution >= 0.6 is 0 Å². The highest BCUT2D eigenvalue weighted by Gasteiger charge is 2.42. The van der Waals surface area contributed by atoms with Crippen molar-refractivity contribution in [2.45, 2.75) is 50.6 Å². The average Bonchev–Trinajstić information content (AvgIpc) is 2.95. The first-order chi connectivity index (χ1) is 14.0. The minimum atomic E-state index is -0.337. The van der Waals surface area contributed by atoms with E-state index in [0.717, 1.165) is 38.6 Å². The van der Waals surface area contributed by atoms with Crippen LogP contribution in [0.3, 0.4) is 0 Å². The molecule has 0 spiro atoms. The Labute approximate surface area is 169 Å². The van der Waals surface area contributed by atoms with Crippen LogP contribution in [0.5, 0.6) is 0 Å². The number of halogens is 2. The van der Waals surface area contributed by atoms with Crippen molar-refractivity contribution in [1.29, 1.82) is 0 Å². The number of carbonyl (C=O) groups is 2. The van der Waals surface area contributed by atoms with E-state index in [0.29, 0.717) is 29.6 Å². The van der Waals surface area contributed by atoms with Crippen LogP contribution in [0.2, 0.25) is 0 Å². The summed E-state index contributed by atoms with van der Waals surface area (Å²) in [6.07, 6.45) is 5.05. The maximum Gasteiger partial charge on any atom is 0.166 e. The topological polar surface area (TPSA) is 37.4 Å². The number of fused-ring (bicyclic) bond motifs is 2. The van der Waals surface area contributed by atoms with E-state index in [2.05, 4.69) is 4.90 Å². The summed E-state index contributed by atoms with van der Waals surface area (Å²) >= 11 is 0. The van der Waals surface area contributed by atoms with Gasteiger partial charge in [-0.1, -0.05) is 0 Å². The second-order valence-corrected chi connectivity index (χ2v) is 8.20. The van der Waals surface area contributed by atoms with Gasteiger partial charge in [0.15, 0.2) is 11.6 Å². The molecule has 2 aromatic rings. The lowest BCUT2D eigenvalue weighted by atomic mass is 9.84. The standard InChI is InChI=1S/C24H25F2NO2/c25-19-7-3-16(4-8-19)23(28)2-1-13-27-21-11-12-22(27)15-18(14-21)24(29)17-5-9-20(26)10-6-17/h3-10,18,21-22H,1-2,11-15H2. The molecular formula is C24H25F2NO2. The molecule has 152 valence electrons. The van der Waals surface area contributed by atoms with Crippen molar-refractivity contribution in [2.75, 3.05) is 6.54 Å². The van der Waals surface area contributed by atoms with Gasteiger partial charge in [0.25, 0.3) is 0 Å². The molecule has 2 aromatic carbocycles. The predicted octanol–water partition coefficient (Wildman–Crippen LogP) is 5.05. The summed E-state index contributed by atoms with van der Waals surface area (Å²) in [5, 5.41) is 0. The highest BCUT2D eigenvalue weighted by molar-refractivity contribution is 5.98. The van der Waals surface area contributed by atoms with Crippen LogP contribution in [0.4, 0.5) is 8.78 Å². The van der Waals surface area contributed by atoms with Crippen molar-refractivity contribution >= 4 is 11.6 Å². The van der Waals surface area contributed by atoms with Gasteiger partial charge in [0.1, 0.15) is 11.6 Å². The molecule has 2 bridgehead atoms. The van der Waals surface area contributed by atoms with Gasteiger partial charge in [0, 0.05) is 35.5 Å². The van der Waals surface area contributed by atoms with E-state index in [1.165, 1.54) is 36.4 Å². The molecule has 5 heteroatoms. The summed E-state index contributed by atoms with van der Waals surface area (Å²) in [5.41, 5.74) is 1.15. The Kier molecular flexibility index (Phi) is 5.86. The molecule has 2 saturated heterocycles. The van der Waals surface area contributed by atoms with Gasteiger partial charge in [-0.3, -0.25) is 14.5 Å². The molecule has 29 heavy (non-hydrogen) atoms. The summed E-state index contributed by atoms with van der Waals surface area (Å²) in [4.78, 5) is 27.6. The molecule has 0 aliphatic carbocycles. The molecule has 0 radical (unpaired) electrons. The number of ketones is 2. The number of carbonyl (C=O) groups excluding carboxylic acids is 2. The third-order valence-corrected chi connectivity index (χ3v) is 6.37. The average molecular weight is 397 g/mol. The molecule has 0 amide bonds. The van der Waals surface area contributed by atoms with E-state index < -0.39 is 0 Å². The van der Waals surface area contributed by atoms with Crippen molar-refractivity contribution in [3.63, 3.8) is 0 Å².